The Morgan fingerprint density at radius 2 is 2.12 bits per heavy atom. The predicted molar refractivity (Wildman–Crippen MR) is 39.1 cm³/mol. The van der Waals surface area contributed by atoms with E-state index in [-0.39, 0.29) is 0 Å². The van der Waals surface area contributed by atoms with Crippen LogP contribution in [0.3, 0.4) is 0 Å². The molecule has 0 bridgehead atoms. The molecule has 0 heterocycles. The maximum absolute atomic E-state index is 3.21. The molecular formula is C6H15BN-. The molecule has 1 nitrogen and oxygen atoms in total. The number of hydrogen-bond acceptors (Lipinski definition) is 1. The molecule has 0 aromatic heterocycles. The van der Waals surface area contributed by atoms with Gasteiger partial charge in [0, 0.05) is 0 Å². The second kappa shape index (κ2) is 7.02. The van der Waals surface area contributed by atoms with Crippen molar-refractivity contribution in [3.8, 4) is 0 Å². The summed E-state index contributed by atoms with van der Waals surface area (Å²) in [7, 11) is 2.11. The van der Waals surface area contributed by atoms with Gasteiger partial charge in [0.25, 0.3) is 0 Å². The molecule has 2 heteroatoms. The van der Waals surface area contributed by atoms with E-state index in [2.05, 4.69) is 26.5 Å². The third-order valence-electron chi connectivity index (χ3n) is 1.02. The highest BCUT2D eigenvalue weighted by Crippen LogP contribution is 1.81. The first kappa shape index (κ1) is 8.02. The summed E-state index contributed by atoms with van der Waals surface area (Å²) >= 11 is 0. The van der Waals surface area contributed by atoms with Gasteiger partial charge in [-0.2, -0.15) is 0 Å². The number of rotatable bonds is 5. The van der Waals surface area contributed by atoms with E-state index in [1.165, 1.54) is 12.8 Å². The van der Waals surface area contributed by atoms with Gasteiger partial charge in [-0.3, -0.25) is 0 Å². The molecule has 0 amide bonds. The smallest absolute Gasteiger partial charge is 0.0444 e. The van der Waals surface area contributed by atoms with E-state index in [1.807, 2.05) is 0 Å². The van der Waals surface area contributed by atoms with E-state index < -0.39 is 0 Å². The summed E-state index contributed by atoms with van der Waals surface area (Å²) in [6.07, 6.45) is 3.70. The summed E-state index contributed by atoms with van der Waals surface area (Å²) in [4.78, 5) is 0. The summed E-state index contributed by atoms with van der Waals surface area (Å²) < 4.78 is 0. The van der Waals surface area contributed by atoms with Crippen LogP contribution in [-0.2, 0) is 0 Å². The molecule has 0 fully saturated rings. The average molecular weight is 112 g/mol. The Kier molecular flexibility index (Phi) is 7.05. The SMILES string of the molecule is CC[B-]NCCCC. The van der Waals surface area contributed by atoms with Gasteiger partial charge in [-0.05, 0) is 13.0 Å². The second-order valence-electron chi connectivity index (χ2n) is 1.92. The topological polar surface area (TPSA) is 12.0 Å². The van der Waals surface area contributed by atoms with Crippen molar-refractivity contribution in [3.05, 3.63) is 0 Å². The van der Waals surface area contributed by atoms with E-state index in [1.54, 1.807) is 0 Å². The highest BCUT2D eigenvalue weighted by Gasteiger charge is 1.72. The predicted octanol–water partition coefficient (Wildman–Crippen LogP) is 1.43. The Morgan fingerprint density at radius 3 is 2.62 bits per heavy atom. The first-order valence-corrected chi connectivity index (χ1v) is 3.46. The lowest BCUT2D eigenvalue weighted by molar-refractivity contribution is 0.765. The Bertz CT molecular complexity index is 33.5. The van der Waals surface area contributed by atoms with Gasteiger partial charge in [-0.25, -0.2) is 13.7 Å². The molecule has 0 unspecified atom stereocenters. The molecule has 0 saturated carbocycles. The van der Waals surface area contributed by atoms with Crippen molar-refractivity contribution in [1.82, 2.24) is 5.23 Å². The molecule has 0 atom stereocenters. The van der Waals surface area contributed by atoms with Crippen LogP contribution < -0.4 is 5.23 Å². The monoisotopic (exact) mass is 112 g/mol. The van der Waals surface area contributed by atoms with Crippen molar-refractivity contribution in [3.63, 3.8) is 0 Å². The van der Waals surface area contributed by atoms with Gasteiger partial charge in [-0.15, -0.1) is 6.92 Å². The lowest BCUT2D eigenvalue weighted by Crippen LogP contribution is -2.18. The van der Waals surface area contributed by atoms with E-state index >= 15 is 0 Å². The zero-order chi connectivity index (χ0) is 6.24. The van der Waals surface area contributed by atoms with Crippen molar-refractivity contribution in [2.75, 3.05) is 6.54 Å². The van der Waals surface area contributed by atoms with Gasteiger partial charge in [0.1, 0.15) is 0 Å². The van der Waals surface area contributed by atoms with Crippen LogP contribution in [0.5, 0.6) is 0 Å². The lowest BCUT2D eigenvalue weighted by atomic mass is 9.91. The highest BCUT2D eigenvalue weighted by atomic mass is 14.7. The molecule has 2 radical (unpaired) electrons. The van der Waals surface area contributed by atoms with Crippen LogP contribution in [0.25, 0.3) is 0 Å². The molecule has 0 saturated heterocycles. The molecule has 0 aromatic carbocycles. The molecule has 0 aliphatic heterocycles. The molecule has 0 aliphatic rings. The van der Waals surface area contributed by atoms with Crippen LogP contribution in [0.15, 0.2) is 0 Å². The zero-order valence-corrected chi connectivity index (χ0v) is 5.91. The summed E-state index contributed by atoms with van der Waals surface area (Å²) in [5, 5.41) is 3.21. The van der Waals surface area contributed by atoms with E-state index in [9.17, 15) is 0 Å². The van der Waals surface area contributed by atoms with Gasteiger partial charge in [0.2, 0.25) is 0 Å². The minimum atomic E-state index is 1.13. The van der Waals surface area contributed by atoms with Crippen molar-refractivity contribution in [1.29, 1.82) is 0 Å². The first-order valence-electron chi connectivity index (χ1n) is 3.46. The summed E-state index contributed by atoms with van der Waals surface area (Å²) in [5.74, 6) is 0. The molecule has 48 valence electrons. The maximum Gasteiger partial charge on any atom is -0.0444 e. The van der Waals surface area contributed by atoms with Crippen molar-refractivity contribution in [2.45, 2.75) is 33.0 Å². The van der Waals surface area contributed by atoms with Crippen LogP contribution in [0.4, 0.5) is 0 Å². The minimum absolute atomic E-state index is 1.13. The van der Waals surface area contributed by atoms with Crippen LogP contribution in [0.2, 0.25) is 6.32 Å². The minimum Gasteiger partial charge on any atom is -0.555 e. The second-order valence-corrected chi connectivity index (χ2v) is 1.92. The Balaban J connectivity index is 2.53. The van der Waals surface area contributed by atoms with Crippen LogP contribution in [-0.4, -0.2) is 14.0 Å². The van der Waals surface area contributed by atoms with Crippen molar-refractivity contribution >= 4 is 7.41 Å². The van der Waals surface area contributed by atoms with E-state index in [4.69, 9.17) is 0 Å². The third kappa shape index (κ3) is 6.02. The van der Waals surface area contributed by atoms with Gasteiger partial charge in [0.05, 0.1) is 0 Å². The zero-order valence-electron chi connectivity index (χ0n) is 5.91. The Morgan fingerprint density at radius 1 is 1.38 bits per heavy atom. The highest BCUT2D eigenvalue weighted by molar-refractivity contribution is 6.31. The molecular weight excluding hydrogens is 96.9 g/mol. The standard InChI is InChI=1S/C6H15BN/c1-3-5-6-8-7-4-2/h8H,3-6H2,1-2H3/q-1. The average Bonchev–Trinajstić information content (AvgIpc) is 1.81. The van der Waals surface area contributed by atoms with Gasteiger partial charge >= 0.3 is 0 Å². The van der Waals surface area contributed by atoms with Crippen molar-refractivity contribution < 1.29 is 0 Å². The van der Waals surface area contributed by atoms with Crippen LogP contribution >= 0.6 is 0 Å². The fourth-order valence-corrected chi connectivity index (χ4v) is 0.525. The molecule has 0 aliphatic carbocycles. The maximum atomic E-state index is 3.21. The molecule has 1 N–H and O–H groups in total. The first-order chi connectivity index (χ1) is 3.91. The summed E-state index contributed by atoms with van der Waals surface area (Å²) in [6.45, 7) is 5.48. The Hall–Kier alpha value is 0.0249. The van der Waals surface area contributed by atoms with Gasteiger partial charge in [-0.1, -0.05) is 13.3 Å². The normalized spacial score (nSPS) is 9.75. The fourth-order valence-electron chi connectivity index (χ4n) is 0.525. The third-order valence-corrected chi connectivity index (χ3v) is 1.02. The molecule has 0 spiro atoms. The fraction of sp³-hybridized carbons (Fsp3) is 1.00. The lowest BCUT2D eigenvalue weighted by Gasteiger charge is -2.13. The molecule has 0 aromatic rings. The van der Waals surface area contributed by atoms with Gasteiger partial charge < -0.3 is 5.23 Å². The largest absolute Gasteiger partial charge is 0.555 e. The van der Waals surface area contributed by atoms with Crippen LogP contribution in [0, 0.1) is 0 Å². The van der Waals surface area contributed by atoms with E-state index in [0.29, 0.717) is 0 Å². The molecule has 0 rings (SSSR count). The number of unbranched alkanes of at least 4 members (excludes halogenated alkanes) is 1. The number of hydrogen-bond donors (Lipinski definition) is 1. The summed E-state index contributed by atoms with van der Waals surface area (Å²) in [5.41, 5.74) is 0. The quantitative estimate of drug-likeness (QED) is 0.419. The Labute approximate surface area is 53.1 Å². The van der Waals surface area contributed by atoms with Gasteiger partial charge in [0.15, 0.2) is 0 Å². The van der Waals surface area contributed by atoms with Crippen molar-refractivity contribution in [2.24, 2.45) is 0 Å². The summed E-state index contributed by atoms with van der Waals surface area (Å²) in [6, 6.07) is 0. The van der Waals surface area contributed by atoms with Crippen LogP contribution in [0.1, 0.15) is 26.7 Å². The van der Waals surface area contributed by atoms with E-state index in [0.717, 1.165) is 12.9 Å². The number of nitrogens with one attached hydrogen (secondary N) is 1. The molecule has 8 heavy (non-hydrogen) atoms.